The molecule has 0 radical (unpaired) electrons. The molecule has 2 heterocycles. The summed E-state index contributed by atoms with van der Waals surface area (Å²) in [6, 6.07) is 3.32. The molecule has 0 amide bonds. The number of likely N-dealkylation sites (N-methyl/N-ethyl adjacent to an activating group) is 1. The number of hydrogen-bond acceptors (Lipinski definition) is 3. The Balaban J connectivity index is 1.60. The van der Waals surface area contributed by atoms with Crippen LogP contribution in [0.4, 0.5) is 0 Å². The van der Waals surface area contributed by atoms with Gasteiger partial charge in [0.1, 0.15) is 0 Å². The Morgan fingerprint density at radius 2 is 2.19 bits per heavy atom. The quantitative estimate of drug-likeness (QED) is 0.906. The molecule has 0 spiro atoms. The molecule has 21 heavy (non-hydrogen) atoms. The molecule has 0 aromatic carbocycles. The smallest absolute Gasteiger partial charge is 0.0640 e. The SMILES string of the molecule is CNC(Cc1ccn(C2CCCCC2)n1)C1COC(C)C1. The molecular formula is C17H29N3O. The van der Waals surface area contributed by atoms with E-state index in [9.17, 15) is 0 Å². The Morgan fingerprint density at radius 1 is 1.38 bits per heavy atom. The predicted molar refractivity (Wildman–Crippen MR) is 84.4 cm³/mol. The van der Waals surface area contributed by atoms with Crippen molar-refractivity contribution in [3.63, 3.8) is 0 Å². The molecule has 2 aliphatic rings. The summed E-state index contributed by atoms with van der Waals surface area (Å²) >= 11 is 0. The van der Waals surface area contributed by atoms with Crippen molar-refractivity contribution < 1.29 is 4.74 Å². The first-order valence-electron chi connectivity index (χ1n) is 8.59. The molecule has 3 unspecified atom stereocenters. The van der Waals surface area contributed by atoms with E-state index < -0.39 is 0 Å². The van der Waals surface area contributed by atoms with E-state index in [0.29, 0.717) is 24.1 Å². The lowest BCUT2D eigenvalue weighted by Gasteiger charge is -2.22. The maximum atomic E-state index is 5.72. The van der Waals surface area contributed by atoms with E-state index in [-0.39, 0.29) is 0 Å². The number of rotatable bonds is 5. The monoisotopic (exact) mass is 291 g/mol. The van der Waals surface area contributed by atoms with Crippen molar-refractivity contribution in [2.24, 2.45) is 5.92 Å². The molecule has 1 aromatic heterocycles. The molecule has 1 saturated carbocycles. The minimum absolute atomic E-state index is 0.408. The summed E-state index contributed by atoms with van der Waals surface area (Å²) in [4.78, 5) is 0. The lowest BCUT2D eigenvalue weighted by Crippen LogP contribution is -2.36. The Labute approximate surface area is 128 Å². The van der Waals surface area contributed by atoms with E-state index in [2.05, 4.69) is 36.2 Å². The molecule has 3 atom stereocenters. The minimum Gasteiger partial charge on any atom is -0.378 e. The van der Waals surface area contributed by atoms with Gasteiger partial charge in [-0.15, -0.1) is 0 Å². The van der Waals surface area contributed by atoms with Gasteiger partial charge in [0, 0.05) is 24.6 Å². The third-order valence-corrected chi connectivity index (χ3v) is 5.21. The van der Waals surface area contributed by atoms with Gasteiger partial charge in [0.2, 0.25) is 0 Å². The van der Waals surface area contributed by atoms with Crippen molar-refractivity contribution in [1.82, 2.24) is 15.1 Å². The Bertz CT molecular complexity index is 439. The second-order valence-electron chi connectivity index (χ2n) is 6.82. The highest BCUT2D eigenvalue weighted by Crippen LogP contribution is 2.28. The fourth-order valence-electron chi connectivity index (χ4n) is 3.90. The van der Waals surface area contributed by atoms with Crippen LogP contribution < -0.4 is 5.32 Å². The first kappa shape index (κ1) is 15.0. The molecule has 1 N–H and O–H groups in total. The molecule has 1 aliphatic heterocycles. The zero-order valence-electron chi connectivity index (χ0n) is 13.4. The normalized spacial score (nSPS) is 28.9. The van der Waals surface area contributed by atoms with Gasteiger partial charge in [-0.25, -0.2) is 0 Å². The van der Waals surface area contributed by atoms with Gasteiger partial charge in [0.25, 0.3) is 0 Å². The third-order valence-electron chi connectivity index (χ3n) is 5.21. The molecule has 1 aromatic rings. The fraction of sp³-hybridized carbons (Fsp3) is 0.824. The number of ether oxygens (including phenoxy) is 1. The Morgan fingerprint density at radius 3 is 2.86 bits per heavy atom. The maximum absolute atomic E-state index is 5.72. The summed E-state index contributed by atoms with van der Waals surface area (Å²) in [5.41, 5.74) is 1.22. The molecule has 4 heteroatoms. The van der Waals surface area contributed by atoms with Crippen LogP contribution in [0, 0.1) is 5.92 Å². The van der Waals surface area contributed by atoms with Gasteiger partial charge in [-0.05, 0) is 39.3 Å². The molecule has 4 nitrogen and oxygen atoms in total. The first-order valence-corrected chi connectivity index (χ1v) is 8.59. The van der Waals surface area contributed by atoms with Crippen molar-refractivity contribution in [1.29, 1.82) is 0 Å². The third kappa shape index (κ3) is 3.67. The average Bonchev–Trinajstić information content (AvgIpc) is 3.15. The summed E-state index contributed by atoms with van der Waals surface area (Å²) in [6.07, 6.45) is 11.5. The van der Waals surface area contributed by atoms with E-state index in [1.165, 1.54) is 37.8 Å². The maximum Gasteiger partial charge on any atom is 0.0640 e. The van der Waals surface area contributed by atoms with Crippen LogP contribution in [0.5, 0.6) is 0 Å². The van der Waals surface area contributed by atoms with Crippen LogP contribution in [0.3, 0.4) is 0 Å². The van der Waals surface area contributed by atoms with Gasteiger partial charge in [-0.3, -0.25) is 4.68 Å². The molecule has 3 rings (SSSR count). The summed E-state index contributed by atoms with van der Waals surface area (Å²) in [7, 11) is 2.06. The van der Waals surface area contributed by atoms with Crippen LogP contribution in [-0.4, -0.2) is 35.6 Å². The van der Waals surface area contributed by atoms with Gasteiger partial charge in [0.15, 0.2) is 0 Å². The second-order valence-corrected chi connectivity index (χ2v) is 6.82. The van der Waals surface area contributed by atoms with Crippen molar-refractivity contribution >= 4 is 0 Å². The second kappa shape index (κ2) is 6.93. The van der Waals surface area contributed by atoms with Gasteiger partial charge in [-0.2, -0.15) is 5.10 Å². The number of aromatic nitrogens is 2. The van der Waals surface area contributed by atoms with Crippen molar-refractivity contribution in [2.45, 2.75) is 70.1 Å². The summed E-state index contributed by atoms with van der Waals surface area (Å²) < 4.78 is 7.94. The van der Waals surface area contributed by atoms with E-state index in [4.69, 9.17) is 9.84 Å². The van der Waals surface area contributed by atoms with E-state index in [1.807, 2.05) is 0 Å². The van der Waals surface area contributed by atoms with Gasteiger partial charge in [-0.1, -0.05) is 19.3 Å². The van der Waals surface area contributed by atoms with E-state index >= 15 is 0 Å². The summed E-state index contributed by atoms with van der Waals surface area (Å²) in [6.45, 7) is 3.06. The van der Waals surface area contributed by atoms with Crippen LogP contribution in [0.2, 0.25) is 0 Å². The topological polar surface area (TPSA) is 39.1 Å². The van der Waals surface area contributed by atoms with Crippen molar-refractivity contribution in [3.8, 4) is 0 Å². The lowest BCUT2D eigenvalue weighted by atomic mass is 9.93. The van der Waals surface area contributed by atoms with E-state index in [1.54, 1.807) is 0 Å². The highest BCUT2D eigenvalue weighted by atomic mass is 16.5. The van der Waals surface area contributed by atoms with Gasteiger partial charge < -0.3 is 10.1 Å². The lowest BCUT2D eigenvalue weighted by molar-refractivity contribution is 0.117. The zero-order chi connectivity index (χ0) is 14.7. The van der Waals surface area contributed by atoms with Crippen LogP contribution in [0.25, 0.3) is 0 Å². The first-order chi connectivity index (χ1) is 10.3. The number of nitrogens with zero attached hydrogens (tertiary/aromatic N) is 2. The largest absolute Gasteiger partial charge is 0.378 e. The fourth-order valence-corrected chi connectivity index (χ4v) is 3.90. The number of hydrogen-bond donors (Lipinski definition) is 1. The van der Waals surface area contributed by atoms with Crippen LogP contribution in [-0.2, 0) is 11.2 Å². The van der Waals surface area contributed by atoms with Crippen LogP contribution in [0.1, 0.15) is 57.2 Å². The molecule has 118 valence electrons. The molecule has 1 aliphatic carbocycles. The van der Waals surface area contributed by atoms with E-state index in [0.717, 1.165) is 19.4 Å². The van der Waals surface area contributed by atoms with Crippen molar-refractivity contribution in [2.75, 3.05) is 13.7 Å². The van der Waals surface area contributed by atoms with Gasteiger partial charge in [0.05, 0.1) is 24.4 Å². The Kier molecular flexibility index (Phi) is 4.96. The van der Waals surface area contributed by atoms with Crippen LogP contribution in [0.15, 0.2) is 12.3 Å². The predicted octanol–water partition coefficient (Wildman–Crippen LogP) is 2.94. The number of nitrogens with one attached hydrogen (secondary N) is 1. The molecule has 0 bridgehead atoms. The zero-order valence-corrected chi connectivity index (χ0v) is 13.4. The summed E-state index contributed by atoms with van der Waals surface area (Å²) in [5.74, 6) is 0.616. The molecule has 1 saturated heterocycles. The minimum atomic E-state index is 0.408. The highest BCUT2D eigenvalue weighted by molar-refractivity contribution is 5.04. The molecule has 2 fully saturated rings. The molecular weight excluding hydrogens is 262 g/mol. The van der Waals surface area contributed by atoms with Gasteiger partial charge >= 0.3 is 0 Å². The Hall–Kier alpha value is -0.870. The summed E-state index contributed by atoms with van der Waals surface area (Å²) in [5, 5.41) is 8.32. The van der Waals surface area contributed by atoms with Crippen LogP contribution >= 0.6 is 0 Å². The standard InChI is InChI=1S/C17H29N3O/c1-13-10-14(12-21-13)17(18-2)11-15-8-9-20(19-15)16-6-4-3-5-7-16/h8-9,13-14,16-18H,3-7,10-12H2,1-2H3. The van der Waals surface area contributed by atoms with Crippen molar-refractivity contribution in [3.05, 3.63) is 18.0 Å². The average molecular weight is 291 g/mol. The highest BCUT2D eigenvalue weighted by Gasteiger charge is 2.29.